The predicted octanol–water partition coefficient (Wildman–Crippen LogP) is 3.41. The summed E-state index contributed by atoms with van der Waals surface area (Å²) in [7, 11) is 0. The van der Waals surface area contributed by atoms with Gasteiger partial charge in [-0.3, -0.25) is 4.21 Å². The number of aromatic amines is 1. The largest absolute Gasteiger partial charge is 0.768 e. The van der Waals surface area contributed by atoms with Gasteiger partial charge in [0.2, 0.25) is 0 Å². The van der Waals surface area contributed by atoms with Gasteiger partial charge in [0.25, 0.3) is 0 Å². The molecule has 0 aromatic carbocycles. The Morgan fingerprint density at radius 3 is 2.94 bits per heavy atom. The summed E-state index contributed by atoms with van der Waals surface area (Å²) in [5, 5.41) is 2.13. The third kappa shape index (κ3) is 2.73. The number of hydrogen-bond acceptors (Lipinski definition) is 3. The van der Waals surface area contributed by atoms with Gasteiger partial charge in [-0.15, -0.1) is 0 Å². The van der Waals surface area contributed by atoms with Crippen molar-refractivity contribution in [3.8, 4) is 0 Å². The highest BCUT2D eigenvalue weighted by atomic mass is 32.2. The van der Waals surface area contributed by atoms with E-state index in [1.165, 1.54) is 17.3 Å². The first-order valence-corrected chi connectivity index (χ1v) is 7.39. The Hall–Kier alpha value is -0.780. The van der Waals surface area contributed by atoms with E-state index >= 15 is 0 Å². The molecule has 92 valence electrons. The van der Waals surface area contributed by atoms with Crippen molar-refractivity contribution >= 4 is 27.7 Å². The lowest BCUT2D eigenvalue weighted by Crippen LogP contribution is -1.94. The summed E-state index contributed by atoms with van der Waals surface area (Å²) in [5.41, 5.74) is 3.62. The average Bonchev–Trinajstić information content (AvgIpc) is 2.78. The predicted molar refractivity (Wildman–Crippen MR) is 71.2 cm³/mol. The Bertz CT molecular complexity index is 514. The van der Waals surface area contributed by atoms with Gasteiger partial charge in [0, 0.05) is 16.0 Å². The molecule has 0 fully saturated rings. The third-order valence-electron chi connectivity index (χ3n) is 2.71. The van der Waals surface area contributed by atoms with Crippen LogP contribution in [0.1, 0.15) is 32.4 Å². The van der Waals surface area contributed by atoms with Crippen molar-refractivity contribution in [2.24, 2.45) is 0 Å². The number of H-pyrrole nitrogens is 1. The molecule has 3 nitrogen and oxygen atoms in total. The molecular formula is C12H14NO2S2-. The van der Waals surface area contributed by atoms with Crippen LogP contribution in [0, 0.1) is 0 Å². The quantitative estimate of drug-likeness (QED) is 0.855. The molecule has 5 heteroatoms. The topological polar surface area (TPSA) is 55.9 Å². The molecule has 2 rings (SSSR count). The maximum absolute atomic E-state index is 10.8. The molecule has 1 aromatic rings. The van der Waals surface area contributed by atoms with Gasteiger partial charge >= 0.3 is 0 Å². The van der Waals surface area contributed by atoms with E-state index in [1.54, 1.807) is 17.8 Å². The van der Waals surface area contributed by atoms with E-state index in [4.69, 9.17) is 0 Å². The van der Waals surface area contributed by atoms with Crippen molar-refractivity contribution in [3.63, 3.8) is 0 Å². The summed E-state index contributed by atoms with van der Waals surface area (Å²) in [6.45, 7) is 4.25. The van der Waals surface area contributed by atoms with Crippen LogP contribution in [0.15, 0.2) is 33.7 Å². The molecule has 0 bridgehead atoms. The number of allylic oxidation sites excluding steroid dienone is 2. The smallest absolute Gasteiger partial charge is 0.0533 e. The third-order valence-corrected chi connectivity index (χ3v) is 4.60. The first-order chi connectivity index (χ1) is 8.11. The van der Waals surface area contributed by atoms with Crippen LogP contribution in [0.5, 0.6) is 0 Å². The molecule has 2 heterocycles. The number of hydrogen-bond donors (Lipinski definition) is 1. The standard InChI is InChI=1S/C12H15NO2S2/c1-3-9-4-8(2)7-16-12(9)11-5-10(6-13-11)17(14)15/h5-7,13H,3-4H2,1-2H3,(H,14,15)/p-1. The van der Waals surface area contributed by atoms with E-state index < -0.39 is 11.1 Å². The van der Waals surface area contributed by atoms with E-state index in [1.807, 2.05) is 0 Å². The monoisotopic (exact) mass is 268 g/mol. The summed E-state index contributed by atoms with van der Waals surface area (Å²) in [4.78, 5) is 4.51. The molecule has 0 spiro atoms. The van der Waals surface area contributed by atoms with Crippen molar-refractivity contribution in [2.45, 2.75) is 31.6 Å². The normalized spacial score (nSPS) is 18.2. The highest BCUT2D eigenvalue weighted by molar-refractivity contribution is 8.11. The van der Waals surface area contributed by atoms with E-state index in [2.05, 4.69) is 24.2 Å². The molecule has 17 heavy (non-hydrogen) atoms. The van der Waals surface area contributed by atoms with Crippen molar-refractivity contribution in [1.82, 2.24) is 4.98 Å². The van der Waals surface area contributed by atoms with Gasteiger partial charge in [-0.25, -0.2) is 0 Å². The van der Waals surface area contributed by atoms with Gasteiger partial charge < -0.3 is 9.54 Å². The van der Waals surface area contributed by atoms with Crippen molar-refractivity contribution in [2.75, 3.05) is 0 Å². The zero-order valence-corrected chi connectivity index (χ0v) is 11.4. The molecule has 0 saturated heterocycles. The number of thioether (sulfide) groups is 1. The zero-order valence-electron chi connectivity index (χ0n) is 9.78. The lowest BCUT2D eigenvalue weighted by molar-refractivity contribution is 0.537. The van der Waals surface area contributed by atoms with Crippen LogP contribution in [-0.2, 0) is 11.1 Å². The van der Waals surface area contributed by atoms with E-state index in [-0.39, 0.29) is 0 Å². The molecule has 0 radical (unpaired) electrons. The Morgan fingerprint density at radius 1 is 1.59 bits per heavy atom. The van der Waals surface area contributed by atoms with Gasteiger partial charge in [-0.05, 0) is 42.3 Å². The van der Waals surface area contributed by atoms with Crippen molar-refractivity contribution < 1.29 is 8.76 Å². The van der Waals surface area contributed by atoms with Crippen molar-refractivity contribution in [1.29, 1.82) is 0 Å². The minimum absolute atomic E-state index is 0.315. The van der Waals surface area contributed by atoms with Crippen molar-refractivity contribution in [3.05, 3.63) is 34.5 Å². The first kappa shape index (κ1) is 12.7. The second-order valence-corrected chi connectivity index (χ2v) is 5.85. The lowest BCUT2D eigenvalue weighted by Gasteiger charge is -2.17. The highest BCUT2D eigenvalue weighted by Crippen LogP contribution is 2.40. The van der Waals surface area contributed by atoms with Gasteiger partial charge in [0.1, 0.15) is 0 Å². The molecule has 0 amide bonds. The van der Waals surface area contributed by atoms with Gasteiger partial charge in [0.15, 0.2) is 0 Å². The SMILES string of the molecule is CCC1=C(c2cc(S(=O)[O-])c[nH]2)SC=C(C)C1. The maximum Gasteiger partial charge on any atom is 0.0533 e. The molecule has 1 aliphatic heterocycles. The fourth-order valence-electron chi connectivity index (χ4n) is 1.84. The van der Waals surface area contributed by atoms with Crippen LogP contribution in [0.4, 0.5) is 0 Å². The Labute approximate surface area is 108 Å². The Morgan fingerprint density at radius 2 is 2.35 bits per heavy atom. The average molecular weight is 268 g/mol. The van der Waals surface area contributed by atoms with Gasteiger partial charge in [-0.2, -0.15) is 0 Å². The molecule has 1 aromatic heterocycles. The summed E-state index contributed by atoms with van der Waals surface area (Å²) in [6, 6.07) is 1.69. The molecule has 1 unspecified atom stereocenters. The minimum Gasteiger partial charge on any atom is -0.768 e. The second kappa shape index (κ2) is 5.25. The fraction of sp³-hybridized carbons (Fsp3) is 0.333. The summed E-state index contributed by atoms with van der Waals surface area (Å²) in [5.74, 6) is 0. The maximum atomic E-state index is 10.8. The van der Waals surface area contributed by atoms with Crippen LogP contribution in [0.2, 0.25) is 0 Å². The van der Waals surface area contributed by atoms with E-state index in [9.17, 15) is 8.76 Å². The molecule has 1 aliphatic rings. The number of nitrogens with one attached hydrogen (secondary N) is 1. The number of aromatic nitrogens is 1. The first-order valence-electron chi connectivity index (χ1n) is 5.44. The van der Waals surface area contributed by atoms with Crippen LogP contribution < -0.4 is 0 Å². The highest BCUT2D eigenvalue weighted by Gasteiger charge is 2.14. The summed E-state index contributed by atoms with van der Waals surface area (Å²) in [6.07, 6.45) is 3.50. The molecule has 1 N–H and O–H groups in total. The van der Waals surface area contributed by atoms with E-state index in [0.29, 0.717) is 4.90 Å². The van der Waals surface area contributed by atoms with Crippen LogP contribution in [0.25, 0.3) is 4.91 Å². The Balaban J connectivity index is 2.34. The lowest BCUT2D eigenvalue weighted by atomic mass is 10.0. The molecular weight excluding hydrogens is 254 g/mol. The second-order valence-electron chi connectivity index (χ2n) is 4.03. The summed E-state index contributed by atoms with van der Waals surface area (Å²) < 4.78 is 21.7. The van der Waals surface area contributed by atoms with Crippen LogP contribution >= 0.6 is 11.8 Å². The van der Waals surface area contributed by atoms with Crippen LogP contribution in [0.3, 0.4) is 0 Å². The minimum atomic E-state index is -2.16. The zero-order chi connectivity index (χ0) is 12.4. The Kier molecular flexibility index (Phi) is 3.91. The molecule has 0 saturated carbocycles. The van der Waals surface area contributed by atoms with Gasteiger partial charge in [0.05, 0.1) is 5.69 Å². The van der Waals surface area contributed by atoms with Crippen LogP contribution in [-0.4, -0.2) is 13.7 Å². The van der Waals surface area contributed by atoms with E-state index in [0.717, 1.165) is 23.4 Å². The number of rotatable bonds is 3. The molecule has 0 aliphatic carbocycles. The summed E-state index contributed by atoms with van der Waals surface area (Å²) >= 11 is -0.494. The van der Waals surface area contributed by atoms with Gasteiger partial charge in [-0.1, -0.05) is 29.8 Å². The molecule has 1 atom stereocenters. The fourth-order valence-corrected chi connectivity index (χ4v) is 3.24.